The molecule has 1 atom stereocenters. The molecule has 1 N–H and O–H groups in total. The number of carbonyl (C=O) groups is 1. The van der Waals surface area contributed by atoms with Crippen LogP contribution >= 0.6 is 23.4 Å². The van der Waals surface area contributed by atoms with Gasteiger partial charge in [0.25, 0.3) is 0 Å². The summed E-state index contributed by atoms with van der Waals surface area (Å²) in [4.78, 5) is 13.0. The number of aromatic nitrogens is 3. The number of halogens is 1. The molecule has 1 amide bonds. The fraction of sp³-hybridized carbons (Fsp3) is 0.375. The Morgan fingerprint density at radius 2 is 1.88 bits per heavy atom. The number of anilines is 1. The van der Waals surface area contributed by atoms with Gasteiger partial charge in [0.2, 0.25) is 5.91 Å². The van der Waals surface area contributed by atoms with Gasteiger partial charge in [-0.3, -0.25) is 9.36 Å². The highest BCUT2D eigenvalue weighted by Crippen LogP contribution is 2.39. The second kappa shape index (κ2) is 9.65. The monoisotopic (exact) mass is 484 g/mol. The van der Waals surface area contributed by atoms with Crippen LogP contribution in [0.4, 0.5) is 5.69 Å². The van der Waals surface area contributed by atoms with Gasteiger partial charge in [-0.2, -0.15) is 0 Å². The fourth-order valence-electron chi connectivity index (χ4n) is 4.25. The molecule has 1 aliphatic carbocycles. The van der Waals surface area contributed by atoms with E-state index < -0.39 is 0 Å². The Morgan fingerprint density at radius 1 is 1.12 bits per heavy atom. The van der Waals surface area contributed by atoms with Crippen LogP contribution in [0.2, 0.25) is 5.02 Å². The molecule has 7 nitrogen and oxygen atoms in total. The molecule has 2 aliphatic rings. The van der Waals surface area contributed by atoms with Gasteiger partial charge in [0.05, 0.1) is 10.3 Å². The molecule has 1 aliphatic heterocycles. The first kappa shape index (κ1) is 22.1. The highest BCUT2D eigenvalue weighted by molar-refractivity contribution is 8.00. The van der Waals surface area contributed by atoms with Gasteiger partial charge in [-0.1, -0.05) is 48.3 Å². The molecule has 0 radical (unpaired) electrons. The van der Waals surface area contributed by atoms with Gasteiger partial charge in [-0.05, 0) is 44.0 Å². The number of fused-ring (bicyclic) bond motifs is 1. The number of benzene rings is 2. The topological polar surface area (TPSA) is 78.3 Å². The number of nitrogens with zero attached hydrogens (tertiary/aromatic N) is 3. The van der Waals surface area contributed by atoms with Crippen molar-refractivity contribution in [2.45, 2.75) is 49.1 Å². The molecule has 1 aromatic heterocycles. The lowest BCUT2D eigenvalue weighted by molar-refractivity contribution is -0.115. The lowest BCUT2D eigenvalue weighted by atomic mass is 10.2. The number of hydrogen-bond donors (Lipinski definition) is 1. The van der Waals surface area contributed by atoms with E-state index >= 15 is 0 Å². The lowest BCUT2D eigenvalue weighted by Gasteiger charge is -2.20. The lowest BCUT2D eigenvalue weighted by Crippen LogP contribution is -2.23. The van der Waals surface area contributed by atoms with Crippen molar-refractivity contribution in [1.29, 1.82) is 0 Å². The van der Waals surface area contributed by atoms with E-state index in [2.05, 4.69) is 20.1 Å². The largest absolute Gasteiger partial charge is 0.486 e. The zero-order chi connectivity index (χ0) is 22.8. The number of ether oxygens (including phenoxy) is 2. The standard InChI is InChI=1S/C24H25ClN4O3S/c1-15(23(30)26-16-10-11-20-21(14-16)32-13-12-31-20)33-24-28-27-22(18-8-4-5-9-19(18)25)29(24)17-6-2-3-7-17/h4-5,8-11,14-15,17H,2-3,6-7,12-13H2,1H3,(H,26,30). The third-order valence-electron chi connectivity index (χ3n) is 5.93. The molecule has 33 heavy (non-hydrogen) atoms. The molecule has 2 aromatic carbocycles. The van der Waals surface area contributed by atoms with Crippen LogP contribution in [0.15, 0.2) is 47.6 Å². The fourth-order valence-corrected chi connectivity index (χ4v) is 5.39. The number of hydrogen-bond acceptors (Lipinski definition) is 6. The van der Waals surface area contributed by atoms with Crippen molar-refractivity contribution in [3.63, 3.8) is 0 Å². The van der Waals surface area contributed by atoms with Crippen molar-refractivity contribution in [2.75, 3.05) is 18.5 Å². The minimum Gasteiger partial charge on any atom is -0.486 e. The SMILES string of the molecule is CC(Sc1nnc(-c2ccccc2Cl)n1C1CCCC1)C(=O)Nc1ccc2c(c1)OCCO2. The Labute approximate surface area is 201 Å². The zero-order valence-electron chi connectivity index (χ0n) is 18.3. The van der Waals surface area contributed by atoms with Crippen LogP contribution in [0.25, 0.3) is 11.4 Å². The van der Waals surface area contributed by atoms with Crippen molar-refractivity contribution in [3.05, 3.63) is 47.5 Å². The van der Waals surface area contributed by atoms with Gasteiger partial charge in [-0.15, -0.1) is 10.2 Å². The maximum Gasteiger partial charge on any atom is 0.237 e. The Bertz CT molecular complexity index is 1160. The van der Waals surface area contributed by atoms with Crippen LogP contribution < -0.4 is 14.8 Å². The summed E-state index contributed by atoms with van der Waals surface area (Å²) < 4.78 is 13.3. The first-order chi connectivity index (χ1) is 16.1. The number of nitrogens with one attached hydrogen (secondary N) is 1. The number of carbonyl (C=O) groups excluding carboxylic acids is 1. The van der Waals surface area contributed by atoms with E-state index in [9.17, 15) is 4.79 Å². The summed E-state index contributed by atoms with van der Waals surface area (Å²) in [5.74, 6) is 1.98. The second-order valence-electron chi connectivity index (χ2n) is 8.20. The van der Waals surface area contributed by atoms with E-state index in [-0.39, 0.29) is 11.2 Å². The quantitative estimate of drug-likeness (QED) is 0.458. The first-order valence-electron chi connectivity index (χ1n) is 11.2. The second-order valence-corrected chi connectivity index (χ2v) is 9.92. The molecule has 0 bridgehead atoms. The Balaban J connectivity index is 1.36. The summed E-state index contributed by atoms with van der Waals surface area (Å²) in [6.45, 7) is 2.91. The number of rotatable bonds is 6. The van der Waals surface area contributed by atoms with Crippen molar-refractivity contribution in [1.82, 2.24) is 14.8 Å². The number of amides is 1. The number of thioether (sulfide) groups is 1. The molecular formula is C24H25ClN4O3S. The van der Waals surface area contributed by atoms with E-state index in [1.807, 2.05) is 43.3 Å². The Kier molecular flexibility index (Phi) is 6.46. The summed E-state index contributed by atoms with van der Waals surface area (Å²) in [6.07, 6.45) is 4.49. The average molecular weight is 485 g/mol. The van der Waals surface area contributed by atoms with Gasteiger partial charge in [0, 0.05) is 23.4 Å². The predicted octanol–water partition coefficient (Wildman–Crippen LogP) is 5.60. The van der Waals surface area contributed by atoms with Crippen LogP contribution in [0, 0.1) is 0 Å². The summed E-state index contributed by atoms with van der Waals surface area (Å²) in [5.41, 5.74) is 1.53. The predicted molar refractivity (Wildman–Crippen MR) is 129 cm³/mol. The van der Waals surface area contributed by atoms with Crippen LogP contribution in [0.1, 0.15) is 38.6 Å². The van der Waals surface area contributed by atoms with Gasteiger partial charge >= 0.3 is 0 Å². The Morgan fingerprint density at radius 3 is 2.67 bits per heavy atom. The van der Waals surface area contributed by atoms with Crippen molar-refractivity contribution < 1.29 is 14.3 Å². The molecule has 3 aromatic rings. The third-order valence-corrected chi connectivity index (χ3v) is 7.32. The van der Waals surface area contributed by atoms with E-state index in [4.69, 9.17) is 21.1 Å². The normalized spacial score (nSPS) is 16.5. The van der Waals surface area contributed by atoms with Crippen molar-refractivity contribution >= 4 is 35.0 Å². The average Bonchev–Trinajstić information content (AvgIpc) is 3.49. The highest BCUT2D eigenvalue weighted by atomic mass is 35.5. The van der Waals surface area contributed by atoms with E-state index in [1.165, 1.54) is 24.6 Å². The molecule has 9 heteroatoms. The summed E-state index contributed by atoms with van der Waals surface area (Å²) in [6, 6.07) is 13.4. The van der Waals surface area contributed by atoms with Gasteiger partial charge in [0.15, 0.2) is 22.5 Å². The van der Waals surface area contributed by atoms with Crippen LogP contribution in [-0.2, 0) is 4.79 Å². The van der Waals surface area contributed by atoms with E-state index in [1.54, 1.807) is 6.07 Å². The van der Waals surface area contributed by atoms with Gasteiger partial charge in [-0.25, -0.2) is 0 Å². The summed E-state index contributed by atoms with van der Waals surface area (Å²) in [7, 11) is 0. The summed E-state index contributed by atoms with van der Waals surface area (Å²) in [5, 5.41) is 12.9. The Hall–Kier alpha value is -2.71. The zero-order valence-corrected chi connectivity index (χ0v) is 19.9. The van der Waals surface area contributed by atoms with E-state index in [0.29, 0.717) is 41.5 Å². The smallest absolute Gasteiger partial charge is 0.237 e. The summed E-state index contributed by atoms with van der Waals surface area (Å²) >= 11 is 7.89. The third kappa shape index (κ3) is 4.68. The minimum atomic E-state index is -0.373. The maximum atomic E-state index is 13.0. The molecule has 172 valence electrons. The molecule has 0 saturated heterocycles. The minimum absolute atomic E-state index is 0.114. The molecule has 0 spiro atoms. The maximum absolute atomic E-state index is 13.0. The van der Waals surface area contributed by atoms with Crippen molar-refractivity contribution in [2.24, 2.45) is 0 Å². The van der Waals surface area contributed by atoms with Crippen molar-refractivity contribution in [3.8, 4) is 22.9 Å². The molecule has 1 unspecified atom stereocenters. The van der Waals surface area contributed by atoms with Gasteiger partial charge < -0.3 is 14.8 Å². The van der Waals surface area contributed by atoms with Crippen LogP contribution in [-0.4, -0.2) is 39.1 Å². The van der Waals surface area contributed by atoms with Gasteiger partial charge in [0.1, 0.15) is 13.2 Å². The molecule has 1 fully saturated rings. The molecule has 2 heterocycles. The van der Waals surface area contributed by atoms with E-state index in [0.717, 1.165) is 29.4 Å². The molecule has 5 rings (SSSR count). The highest BCUT2D eigenvalue weighted by Gasteiger charge is 2.28. The molecular weight excluding hydrogens is 460 g/mol. The van der Waals surface area contributed by atoms with Crippen LogP contribution in [0.5, 0.6) is 11.5 Å². The first-order valence-corrected chi connectivity index (χ1v) is 12.4. The van der Waals surface area contributed by atoms with Crippen LogP contribution in [0.3, 0.4) is 0 Å². The molecule has 1 saturated carbocycles.